The molecule has 0 aliphatic carbocycles. The van der Waals surface area contributed by atoms with E-state index in [1.54, 1.807) is 43.3 Å². The van der Waals surface area contributed by atoms with Gasteiger partial charge >= 0.3 is 0 Å². The minimum atomic E-state index is -4.18. The number of nitrogens with one attached hydrogen (secondary N) is 1. The van der Waals surface area contributed by atoms with E-state index in [1.807, 2.05) is 13.0 Å². The van der Waals surface area contributed by atoms with Crippen LogP contribution in [0.1, 0.15) is 18.1 Å². The van der Waals surface area contributed by atoms with E-state index in [4.69, 9.17) is 34.8 Å². The number of carbonyl (C=O) groups is 2. The maximum absolute atomic E-state index is 13.8. The zero-order valence-electron chi connectivity index (χ0n) is 20.4. The average Bonchev–Trinajstić information content (AvgIpc) is 2.86. The van der Waals surface area contributed by atoms with Crippen LogP contribution in [0.15, 0.2) is 71.6 Å². The molecule has 37 heavy (non-hydrogen) atoms. The summed E-state index contributed by atoms with van der Waals surface area (Å²) in [5, 5.41) is 3.54. The molecule has 1 atom stereocenters. The molecule has 3 aromatic rings. The van der Waals surface area contributed by atoms with Crippen LogP contribution in [-0.2, 0) is 26.2 Å². The Morgan fingerprint density at radius 1 is 0.946 bits per heavy atom. The van der Waals surface area contributed by atoms with Gasteiger partial charge in [-0.2, -0.15) is 0 Å². The molecular formula is C26H26Cl3N3O4S. The Morgan fingerprint density at radius 3 is 2.11 bits per heavy atom. The van der Waals surface area contributed by atoms with Crippen molar-refractivity contribution < 1.29 is 18.0 Å². The van der Waals surface area contributed by atoms with Gasteiger partial charge in [0.25, 0.3) is 10.0 Å². The molecule has 0 heterocycles. The number of likely N-dealkylation sites (N-methyl/N-ethyl adjacent to an activating group) is 1. The molecule has 0 unspecified atom stereocenters. The highest BCUT2D eigenvalue weighted by atomic mass is 35.5. The second-order valence-electron chi connectivity index (χ2n) is 8.32. The first-order valence-corrected chi connectivity index (χ1v) is 13.8. The molecule has 0 spiro atoms. The fourth-order valence-electron chi connectivity index (χ4n) is 3.69. The van der Waals surface area contributed by atoms with Gasteiger partial charge in [-0.15, -0.1) is 0 Å². The van der Waals surface area contributed by atoms with Crippen molar-refractivity contribution in [3.05, 3.63) is 92.9 Å². The molecule has 3 rings (SSSR count). The van der Waals surface area contributed by atoms with E-state index in [-0.39, 0.29) is 11.4 Å². The minimum Gasteiger partial charge on any atom is -0.357 e. The summed E-state index contributed by atoms with van der Waals surface area (Å²) in [6.45, 7) is 2.69. The number of benzene rings is 3. The first-order chi connectivity index (χ1) is 17.4. The fourth-order valence-corrected chi connectivity index (χ4v) is 5.74. The first kappa shape index (κ1) is 28.8. The predicted octanol–water partition coefficient (Wildman–Crippen LogP) is 5.31. The summed E-state index contributed by atoms with van der Waals surface area (Å²) in [6.07, 6.45) is 0. The lowest BCUT2D eigenvalue weighted by Gasteiger charge is -2.32. The van der Waals surface area contributed by atoms with Crippen molar-refractivity contribution in [1.29, 1.82) is 0 Å². The van der Waals surface area contributed by atoms with Gasteiger partial charge in [-0.05, 0) is 67.9 Å². The molecule has 1 N–H and O–H groups in total. The van der Waals surface area contributed by atoms with Crippen molar-refractivity contribution in [2.75, 3.05) is 17.9 Å². The Balaban J connectivity index is 2.07. The van der Waals surface area contributed by atoms with Crippen LogP contribution in [0.5, 0.6) is 0 Å². The number of nitrogens with zero attached hydrogens (tertiary/aromatic N) is 2. The van der Waals surface area contributed by atoms with Crippen LogP contribution in [0.4, 0.5) is 5.69 Å². The van der Waals surface area contributed by atoms with E-state index in [9.17, 15) is 18.0 Å². The van der Waals surface area contributed by atoms with Gasteiger partial charge in [0.05, 0.1) is 10.6 Å². The van der Waals surface area contributed by atoms with E-state index in [0.29, 0.717) is 26.3 Å². The zero-order valence-corrected chi connectivity index (χ0v) is 23.5. The monoisotopic (exact) mass is 581 g/mol. The Labute approximate surface area is 232 Å². The van der Waals surface area contributed by atoms with Gasteiger partial charge in [0.15, 0.2) is 0 Å². The molecule has 196 valence electrons. The lowest BCUT2D eigenvalue weighted by molar-refractivity contribution is -0.139. The van der Waals surface area contributed by atoms with Gasteiger partial charge in [0.1, 0.15) is 12.6 Å². The second kappa shape index (κ2) is 12.2. The normalized spacial score (nSPS) is 12.1. The summed E-state index contributed by atoms with van der Waals surface area (Å²) in [5.74, 6) is -1.05. The summed E-state index contributed by atoms with van der Waals surface area (Å²) in [6, 6.07) is 16.4. The first-order valence-electron chi connectivity index (χ1n) is 11.2. The van der Waals surface area contributed by atoms with Gasteiger partial charge in [-0.3, -0.25) is 13.9 Å². The molecule has 11 heteroatoms. The predicted molar refractivity (Wildman–Crippen MR) is 148 cm³/mol. The van der Waals surface area contributed by atoms with Crippen LogP contribution in [0.2, 0.25) is 15.1 Å². The van der Waals surface area contributed by atoms with E-state index in [1.165, 1.54) is 36.2 Å². The van der Waals surface area contributed by atoms with E-state index >= 15 is 0 Å². The average molecular weight is 583 g/mol. The molecule has 0 fully saturated rings. The molecule has 7 nitrogen and oxygen atoms in total. The van der Waals surface area contributed by atoms with Crippen LogP contribution < -0.4 is 9.62 Å². The number of hydrogen-bond donors (Lipinski definition) is 1. The van der Waals surface area contributed by atoms with Crippen LogP contribution in [0.3, 0.4) is 0 Å². The molecule has 0 radical (unpaired) electrons. The smallest absolute Gasteiger partial charge is 0.264 e. The van der Waals surface area contributed by atoms with E-state index in [0.717, 1.165) is 9.87 Å². The maximum Gasteiger partial charge on any atom is 0.264 e. The highest BCUT2D eigenvalue weighted by molar-refractivity contribution is 7.92. The van der Waals surface area contributed by atoms with Crippen molar-refractivity contribution in [3.8, 4) is 0 Å². The SMILES string of the molecule is CNC(=O)[C@H](C)N(Cc1c(Cl)cccc1Cl)C(=O)CN(c1cccc(C)c1)S(=O)(=O)c1ccc(Cl)cc1. The third kappa shape index (κ3) is 6.76. The van der Waals surface area contributed by atoms with Crippen LogP contribution >= 0.6 is 34.8 Å². The topological polar surface area (TPSA) is 86.8 Å². The number of sulfonamides is 1. The van der Waals surface area contributed by atoms with Crippen molar-refractivity contribution in [2.45, 2.75) is 31.3 Å². The maximum atomic E-state index is 13.8. The number of carbonyl (C=O) groups excluding carboxylic acids is 2. The fraction of sp³-hybridized carbons (Fsp3) is 0.231. The third-order valence-corrected chi connectivity index (χ3v) is 8.52. The Morgan fingerprint density at radius 2 is 1.54 bits per heavy atom. The number of amides is 2. The highest BCUT2D eigenvalue weighted by Crippen LogP contribution is 2.29. The molecule has 0 aliphatic rings. The molecule has 3 aromatic carbocycles. The summed E-state index contributed by atoms with van der Waals surface area (Å²) in [4.78, 5) is 27.5. The van der Waals surface area contributed by atoms with Gasteiger partial charge < -0.3 is 10.2 Å². The summed E-state index contributed by atoms with van der Waals surface area (Å²) in [7, 11) is -2.73. The van der Waals surface area contributed by atoms with E-state index in [2.05, 4.69) is 5.32 Å². The van der Waals surface area contributed by atoms with Crippen molar-refractivity contribution in [1.82, 2.24) is 10.2 Å². The zero-order chi connectivity index (χ0) is 27.3. The van der Waals surface area contributed by atoms with Crippen molar-refractivity contribution in [2.24, 2.45) is 0 Å². The largest absolute Gasteiger partial charge is 0.357 e. The minimum absolute atomic E-state index is 0.0359. The Bertz CT molecular complexity index is 1380. The van der Waals surface area contributed by atoms with Crippen molar-refractivity contribution in [3.63, 3.8) is 0 Å². The Kier molecular flexibility index (Phi) is 9.47. The van der Waals surface area contributed by atoms with Crippen LogP contribution in [0, 0.1) is 6.92 Å². The number of hydrogen-bond acceptors (Lipinski definition) is 4. The summed E-state index contributed by atoms with van der Waals surface area (Å²) >= 11 is 18.6. The molecule has 0 bridgehead atoms. The summed E-state index contributed by atoms with van der Waals surface area (Å²) < 4.78 is 28.5. The van der Waals surface area contributed by atoms with Gasteiger partial charge in [-0.1, -0.05) is 53.0 Å². The number of anilines is 1. The number of halogens is 3. The Hall–Kier alpha value is -2.78. The number of aryl methyl sites for hydroxylation is 1. The number of rotatable bonds is 9. The molecular weight excluding hydrogens is 557 g/mol. The molecule has 0 aromatic heterocycles. The second-order valence-corrected chi connectivity index (χ2v) is 11.4. The van der Waals surface area contributed by atoms with Crippen molar-refractivity contribution >= 4 is 62.3 Å². The molecule has 0 aliphatic heterocycles. The van der Waals surface area contributed by atoms with Gasteiger partial charge in [0, 0.05) is 34.2 Å². The lowest BCUT2D eigenvalue weighted by Crippen LogP contribution is -2.50. The van der Waals surface area contributed by atoms with Crippen LogP contribution in [0.25, 0.3) is 0 Å². The third-order valence-electron chi connectivity index (χ3n) is 5.77. The lowest BCUT2D eigenvalue weighted by atomic mass is 10.1. The van der Waals surface area contributed by atoms with Gasteiger partial charge in [-0.25, -0.2) is 8.42 Å². The molecule has 0 saturated carbocycles. The highest BCUT2D eigenvalue weighted by Gasteiger charge is 2.33. The molecule has 2 amide bonds. The van der Waals surface area contributed by atoms with E-state index < -0.39 is 34.4 Å². The summed E-state index contributed by atoms with van der Waals surface area (Å²) in [5.41, 5.74) is 1.55. The van der Waals surface area contributed by atoms with Crippen LogP contribution in [-0.4, -0.2) is 44.8 Å². The van der Waals surface area contributed by atoms with Gasteiger partial charge in [0.2, 0.25) is 11.8 Å². The molecule has 0 saturated heterocycles. The standard InChI is InChI=1S/C26H26Cl3N3O4S/c1-17-6-4-7-20(14-17)32(37(35,36)21-12-10-19(27)11-13-21)16-25(33)31(18(2)26(34)30-3)15-22-23(28)8-5-9-24(22)29/h4-14,18H,15-16H2,1-3H3,(H,30,34)/t18-/m0/s1. The quantitative estimate of drug-likeness (QED) is 0.370.